The number of hydrogen-bond donors (Lipinski definition) is 0. The molecule has 1 atom stereocenters. The molecule has 1 aromatic heterocycles. The van der Waals surface area contributed by atoms with E-state index >= 15 is 0 Å². The van der Waals surface area contributed by atoms with E-state index < -0.39 is 0 Å². The van der Waals surface area contributed by atoms with Crippen LogP contribution in [0, 0.1) is 6.92 Å². The summed E-state index contributed by atoms with van der Waals surface area (Å²) in [6, 6.07) is 23.9. The molecule has 0 spiro atoms. The number of anilines is 1. The van der Waals surface area contributed by atoms with Gasteiger partial charge in [0.05, 0.1) is 24.2 Å². The summed E-state index contributed by atoms with van der Waals surface area (Å²) in [7, 11) is 0. The Balaban J connectivity index is 1.40. The highest BCUT2D eigenvalue weighted by atomic mass is 16.5. The lowest BCUT2D eigenvalue weighted by molar-refractivity contribution is -0.117. The number of ether oxygens (including phenoxy) is 2. The molecule has 0 saturated carbocycles. The number of carbonyl (C=O) groups excluding carboxylic acids is 1. The van der Waals surface area contributed by atoms with Gasteiger partial charge < -0.3 is 18.9 Å². The minimum atomic E-state index is 0.0233. The molecule has 174 valence electrons. The van der Waals surface area contributed by atoms with E-state index in [0.717, 1.165) is 39.6 Å². The van der Waals surface area contributed by atoms with Crippen molar-refractivity contribution in [3.63, 3.8) is 0 Å². The first-order valence-electron chi connectivity index (χ1n) is 11.8. The zero-order valence-corrected chi connectivity index (χ0v) is 19.6. The Bertz CT molecular complexity index is 1310. The van der Waals surface area contributed by atoms with Crippen LogP contribution in [0.3, 0.4) is 0 Å². The van der Waals surface area contributed by atoms with Gasteiger partial charge >= 0.3 is 0 Å². The minimum Gasteiger partial charge on any atom is -0.490 e. The number of fused-ring (bicyclic) bond motifs is 1. The third-order valence-corrected chi connectivity index (χ3v) is 6.30. The first-order chi connectivity index (χ1) is 16.7. The van der Waals surface area contributed by atoms with Crippen molar-refractivity contribution in [3.05, 3.63) is 84.2 Å². The molecule has 3 aromatic carbocycles. The minimum absolute atomic E-state index is 0.0233. The Morgan fingerprint density at radius 1 is 0.941 bits per heavy atom. The standard InChI is InChI=1S/C28H29N3O3/c1-3-33-25-14-8-9-15-26(25)34-17-16-30-24-13-7-5-11-22(24)29-28(30)21-18-27(32)31(19-21)23-12-6-4-10-20(23)2/h4-15,21H,3,16-19H2,1-2H3. The van der Waals surface area contributed by atoms with E-state index in [1.807, 2.05) is 85.5 Å². The highest BCUT2D eigenvalue weighted by molar-refractivity contribution is 5.97. The molecule has 5 rings (SSSR count). The number of benzene rings is 3. The normalized spacial score (nSPS) is 15.8. The summed E-state index contributed by atoms with van der Waals surface area (Å²) in [4.78, 5) is 19.8. The van der Waals surface area contributed by atoms with Crippen LogP contribution in [0.15, 0.2) is 72.8 Å². The average Bonchev–Trinajstić information content (AvgIpc) is 3.41. The molecule has 6 heteroatoms. The molecule has 0 N–H and O–H groups in total. The van der Waals surface area contributed by atoms with E-state index in [9.17, 15) is 4.79 Å². The molecule has 1 aliphatic heterocycles. The summed E-state index contributed by atoms with van der Waals surface area (Å²) in [5.74, 6) is 2.58. The van der Waals surface area contributed by atoms with Crippen LogP contribution in [0.2, 0.25) is 0 Å². The number of nitrogens with zero attached hydrogens (tertiary/aromatic N) is 3. The first kappa shape index (κ1) is 22.0. The molecule has 1 unspecified atom stereocenters. The number of carbonyl (C=O) groups is 1. The van der Waals surface area contributed by atoms with Gasteiger partial charge in [0.15, 0.2) is 11.5 Å². The summed E-state index contributed by atoms with van der Waals surface area (Å²) in [5.41, 5.74) is 4.08. The van der Waals surface area contributed by atoms with Crippen LogP contribution in [0.4, 0.5) is 5.69 Å². The second-order valence-electron chi connectivity index (χ2n) is 8.53. The fraction of sp³-hybridized carbons (Fsp3) is 0.286. The van der Waals surface area contributed by atoms with E-state index in [2.05, 4.69) is 10.6 Å². The van der Waals surface area contributed by atoms with Gasteiger partial charge in [0.1, 0.15) is 12.4 Å². The van der Waals surface area contributed by atoms with Crippen LogP contribution in [0.1, 0.15) is 30.7 Å². The molecule has 1 amide bonds. The highest BCUT2D eigenvalue weighted by Gasteiger charge is 2.35. The third-order valence-electron chi connectivity index (χ3n) is 6.30. The molecule has 6 nitrogen and oxygen atoms in total. The number of hydrogen-bond acceptors (Lipinski definition) is 4. The number of aromatic nitrogens is 2. The van der Waals surface area contributed by atoms with Crippen LogP contribution in [-0.4, -0.2) is 35.2 Å². The van der Waals surface area contributed by atoms with E-state index in [1.54, 1.807) is 0 Å². The Hall–Kier alpha value is -3.80. The SMILES string of the molecule is CCOc1ccccc1OCCn1c(C2CC(=O)N(c3ccccc3C)C2)nc2ccccc21. The van der Waals surface area contributed by atoms with Crippen LogP contribution in [0.25, 0.3) is 11.0 Å². The zero-order chi connectivity index (χ0) is 23.5. The summed E-state index contributed by atoms with van der Waals surface area (Å²) in [6.07, 6.45) is 0.450. The topological polar surface area (TPSA) is 56.6 Å². The molecule has 2 heterocycles. The first-order valence-corrected chi connectivity index (χ1v) is 11.8. The van der Waals surface area contributed by atoms with Gasteiger partial charge in [0.2, 0.25) is 5.91 Å². The van der Waals surface area contributed by atoms with Crippen molar-refractivity contribution in [2.45, 2.75) is 32.7 Å². The molecule has 0 bridgehead atoms. The largest absolute Gasteiger partial charge is 0.490 e. The van der Waals surface area contributed by atoms with Crippen molar-refractivity contribution < 1.29 is 14.3 Å². The van der Waals surface area contributed by atoms with Crippen molar-refractivity contribution in [2.75, 3.05) is 24.7 Å². The van der Waals surface area contributed by atoms with Crippen molar-refractivity contribution >= 4 is 22.6 Å². The second-order valence-corrected chi connectivity index (χ2v) is 8.53. The molecule has 34 heavy (non-hydrogen) atoms. The lowest BCUT2D eigenvalue weighted by Crippen LogP contribution is -2.25. The quantitative estimate of drug-likeness (QED) is 0.360. The zero-order valence-electron chi connectivity index (χ0n) is 19.6. The number of para-hydroxylation sites is 5. The number of aryl methyl sites for hydroxylation is 1. The smallest absolute Gasteiger partial charge is 0.227 e. The Morgan fingerprint density at radius 3 is 2.44 bits per heavy atom. The maximum absolute atomic E-state index is 13.0. The van der Waals surface area contributed by atoms with Crippen LogP contribution < -0.4 is 14.4 Å². The van der Waals surface area contributed by atoms with Crippen molar-refractivity contribution in [1.82, 2.24) is 9.55 Å². The Kier molecular flexibility index (Phi) is 6.21. The van der Waals surface area contributed by atoms with Crippen molar-refractivity contribution in [3.8, 4) is 11.5 Å². The molecule has 0 radical (unpaired) electrons. The third kappa shape index (κ3) is 4.23. The summed E-state index contributed by atoms with van der Waals surface area (Å²) in [5, 5.41) is 0. The van der Waals surface area contributed by atoms with Gasteiger partial charge in [-0.15, -0.1) is 0 Å². The van der Waals surface area contributed by atoms with Gasteiger partial charge in [-0.05, 0) is 49.7 Å². The van der Waals surface area contributed by atoms with Gasteiger partial charge in [-0.25, -0.2) is 4.98 Å². The Morgan fingerprint density at radius 2 is 1.65 bits per heavy atom. The average molecular weight is 456 g/mol. The summed E-state index contributed by atoms with van der Waals surface area (Å²) < 4.78 is 14.0. The lowest BCUT2D eigenvalue weighted by Gasteiger charge is -2.19. The molecular weight excluding hydrogens is 426 g/mol. The van der Waals surface area contributed by atoms with Gasteiger partial charge in [-0.3, -0.25) is 4.79 Å². The summed E-state index contributed by atoms with van der Waals surface area (Å²) in [6.45, 7) is 6.32. The van der Waals surface area contributed by atoms with Crippen LogP contribution >= 0.6 is 0 Å². The van der Waals surface area contributed by atoms with Crippen molar-refractivity contribution in [2.24, 2.45) is 0 Å². The van der Waals surface area contributed by atoms with Gasteiger partial charge in [-0.1, -0.05) is 42.5 Å². The van der Waals surface area contributed by atoms with E-state index in [-0.39, 0.29) is 11.8 Å². The van der Waals surface area contributed by atoms with E-state index in [0.29, 0.717) is 32.7 Å². The molecule has 0 aliphatic carbocycles. The maximum atomic E-state index is 13.0. The predicted molar refractivity (Wildman–Crippen MR) is 134 cm³/mol. The molecular formula is C28H29N3O3. The van der Waals surface area contributed by atoms with Gasteiger partial charge in [0.25, 0.3) is 0 Å². The van der Waals surface area contributed by atoms with Crippen LogP contribution in [-0.2, 0) is 11.3 Å². The fourth-order valence-corrected chi connectivity index (χ4v) is 4.71. The maximum Gasteiger partial charge on any atom is 0.227 e. The predicted octanol–water partition coefficient (Wildman–Crippen LogP) is 5.34. The fourth-order valence-electron chi connectivity index (χ4n) is 4.71. The van der Waals surface area contributed by atoms with Crippen molar-refractivity contribution in [1.29, 1.82) is 0 Å². The lowest BCUT2D eigenvalue weighted by atomic mass is 10.1. The van der Waals surface area contributed by atoms with Gasteiger partial charge in [-0.2, -0.15) is 0 Å². The van der Waals surface area contributed by atoms with E-state index in [4.69, 9.17) is 14.5 Å². The number of rotatable bonds is 8. The van der Waals surface area contributed by atoms with Gasteiger partial charge in [0, 0.05) is 24.6 Å². The Labute approximate surface area is 199 Å². The summed E-state index contributed by atoms with van der Waals surface area (Å²) >= 11 is 0. The second kappa shape index (κ2) is 9.59. The molecule has 4 aromatic rings. The van der Waals surface area contributed by atoms with E-state index in [1.165, 1.54) is 0 Å². The molecule has 1 fully saturated rings. The monoisotopic (exact) mass is 455 g/mol. The molecule has 1 aliphatic rings. The number of amides is 1. The molecule has 1 saturated heterocycles. The number of imidazole rings is 1. The highest BCUT2D eigenvalue weighted by Crippen LogP contribution is 2.34. The van der Waals surface area contributed by atoms with Crippen LogP contribution in [0.5, 0.6) is 11.5 Å².